The van der Waals surface area contributed by atoms with Crippen LogP contribution in [0.5, 0.6) is 0 Å². The number of nitrogens with one attached hydrogen (secondary N) is 1. The van der Waals surface area contributed by atoms with Crippen molar-refractivity contribution in [2.24, 2.45) is 4.99 Å². The van der Waals surface area contributed by atoms with Crippen molar-refractivity contribution in [2.45, 2.75) is 83.4 Å². The standard InChI is InChI=1S/C16H30N2OS/c1-5-15(4)9-11-20-14(18-15)17-13-8-10-19-16(6-2,7-3)12-13/h13H,5-12H2,1-4H3,(H,17,18). The van der Waals surface area contributed by atoms with Crippen LogP contribution in [0.4, 0.5) is 0 Å². The minimum atomic E-state index is 0.0698. The summed E-state index contributed by atoms with van der Waals surface area (Å²) in [5.41, 5.74) is 0.308. The van der Waals surface area contributed by atoms with Crippen LogP contribution in [0.2, 0.25) is 0 Å². The molecule has 2 aliphatic heterocycles. The quantitative estimate of drug-likeness (QED) is 0.852. The number of hydrogen-bond donors (Lipinski definition) is 1. The van der Waals surface area contributed by atoms with Crippen molar-refractivity contribution in [3.63, 3.8) is 0 Å². The topological polar surface area (TPSA) is 33.6 Å². The van der Waals surface area contributed by atoms with Gasteiger partial charge in [0.15, 0.2) is 5.17 Å². The van der Waals surface area contributed by atoms with Crippen molar-refractivity contribution in [1.29, 1.82) is 0 Å². The van der Waals surface area contributed by atoms with E-state index in [1.54, 1.807) is 0 Å². The zero-order valence-electron chi connectivity index (χ0n) is 13.5. The lowest BCUT2D eigenvalue weighted by molar-refractivity contribution is -0.0884. The van der Waals surface area contributed by atoms with Gasteiger partial charge in [-0.3, -0.25) is 4.99 Å². The van der Waals surface area contributed by atoms with Gasteiger partial charge >= 0.3 is 0 Å². The number of ether oxygens (including phenoxy) is 1. The maximum Gasteiger partial charge on any atom is 0.157 e. The zero-order chi connectivity index (χ0) is 14.6. The summed E-state index contributed by atoms with van der Waals surface area (Å²) in [6.45, 7) is 9.91. The fraction of sp³-hybridized carbons (Fsp3) is 0.938. The Morgan fingerprint density at radius 1 is 1.30 bits per heavy atom. The highest BCUT2D eigenvalue weighted by Crippen LogP contribution is 2.34. The Morgan fingerprint density at radius 2 is 2.05 bits per heavy atom. The first-order valence-corrected chi connectivity index (χ1v) is 9.16. The molecule has 2 fully saturated rings. The third kappa shape index (κ3) is 3.70. The molecule has 2 aliphatic rings. The Morgan fingerprint density at radius 3 is 2.70 bits per heavy atom. The van der Waals surface area contributed by atoms with E-state index in [9.17, 15) is 0 Å². The van der Waals surface area contributed by atoms with Gasteiger partial charge in [-0.25, -0.2) is 0 Å². The van der Waals surface area contributed by atoms with Crippen LogP contribution in [0.15, 0.2) is 4.99 Å². The molecule has 3 nitrogen and oxygen atoms in total. The summed E-state index contributed by atoms with van der Waals surface area (Å²) in [5, 5.41) is 4.82. The van der Waals surface area contributed by atoms with Crippen LogP contribution < -0.4 is 5.32 Å². The Kier molecular flexibility index (Phi) is 5.41. The van der Waals surface area contributed by atoms with Gasteiger partial charge < -0.3 is 10.1 Å². The maximum absolute atomic E-state index is 6.05. The Hall–Kier alpha value is -0.220. The zero-order valence-corrected chi connectivity index (χ0v) is 14.3. The summed E-state index contributed by atoms with van der Waals surface area (Å²) in [4.78, 5) is 5.02. The van der Waals surface area contributed by atoms with E-state index >= 15 is 0 Å². The molecule has 2 heterocycles. The van der Waals surface area contributed by atoms with Crippen molar-refractivity contribution in [3.05, 3.63) is 0 Å². The molecular formula is C16H30N2OS. The van der Waals surface area contributed by atoms with Gasteiger partial charge in [-0.1, -0.05) is 32.5 Å². The number of aliphatic imine (C=N–C) groups is 1. The summed E-state index contributed by atoms with van der Waals surface area (Å²) < 4.78 is 6.05. The average Bonchev–Trinajstić information content (AvgIpc) is 2.47. The fourth-order valence-electron chi connectivity index (χ4n) is 3.09. The van der Waals surface area contributed by atoms with E-state index in [2.05, 4.69) is 33.0 Å². The van der Waals surface area contributed by atoms with Gasteiger partial charge in [0.2, 0.25) is 0 Å². The van der Waals surface area contributed by atoms with Gasteiger partial charge in [0.1, 0.15) is 0 Å². The molecule has 4 heteroatoms. The molecular weight excluding hydrogens is 268 g/mol. The van der Waals surface area contributed by atoms with Crippen molar-refractivity contribution in [3.8, 4) is 0 Å². The van der Waals surface area contributed by atoms with Crippen LogP contribution in [0.1, 0.15) is 66.2 Å². The lowest BCUT2D eigenvalue weighted by atomic mass is 9.86. The third-order valence-electron chi connectivity index (χ3n) is 5.14. The van der Waals surface area contributed by atoms with Crippen LogP contribution in [0.3, 0.4) is 0 Å². The molecule has 0 spiro atoms. The van der Waals surface area contributed by atoms with E-state index in [0.29, 0.717) is 6.04 Å². The summed E-state index contributed by atoms with van der Waals surface area (Å²) in [6, 6.07) is 0.429. The summed E-state index contributed by atoms with van der Waals surface area (Å²) in [5.74, 6) is 1.19. The Bertz CT molecular complexity index is 354. The van der Waals surface area contributed by atoms with Gasteiger partial charge in [0, 0.05) is 17.9 Å². The molecule has 2 atom stereocenters. The first-order valence-electron chi connectivity index (χ1n) is 8.17. The monoisotopic (exact) mass is 298 g/mol. The van der Waals surface area contributed by atoms with E-state index in [1.165, 1.54) is 12.2 Å². The highest BCUT2D eigenvalue weighted by atomic mass is 32.2. The molecule has 0 aromatic rings. The molecule has 0 aromatic carbocycles. The fourth-order valence-corrected chi connectivity index (χ4v) is 4.37. The highest BCUT2D eigenvalue weighted by Gasteiger charge is 2.35. The maximum atomic E-state index is 6.05. The predicted molar refractivity (Wildman–Crippen MR) is 88.6 cm³/mol. The molecule has 2 rings (SSSR count). The van der Waals surface area contributed by atoms with Gasteiger partial charge in [0.05, 0.1) is 11.6 Å². The minimum absolute atomic E-state index is 0.0698. The summed E-state index contributed by atoms with van der Waals surface area (Å²) in [6.07, 6.45) is 6.73. The second kappa shape index (κ2) is 6.69. The van der Waals surface area contributed by atoms with Crippen molar-refractivity contribution in [2.75, 3.05) is 12.4 Å². The second-order valence-electron chi connectivity index (χ2n) is 6.46. The molecule has 0 aliphatic carbocycles. The Labute approximate surface area is 128 Å². The number of hydrogen-bond acceptors (Lipinski definition) is 3. The molecule has 0 bridgehead atoms. The molecule has 0 radical (unpaired) electrons. The lowest BCUT2D eigenvalue weighted by Gasteiger charge is -2.40. The van der Waals surface area contributed by atoms with E-state index in [1.807, 2.05) is 11.8 Å². The largest absolute Gasteiger partial charge is 0.375 e. The van der Waals surface area contributed by atoms with Crippen LogP contribution in [0.25, 0.3) is 0 Å². The normalized spacial score (nSPS) is 35.8. The SMILES string of the molecule is CCC1(C)CCSC(=NC2CCOC(CC)(CC)C2)N1. The molecule has 1 N–H and O–H groups in total. The van der Waals surface area contributed by atoms with Crippen molar-refractivity contribution in [1.82, 2.24) is 5.32 Å². The van der Waals surface area contributed by atoms with E-state index in [4.69, 9.17) is 9.73 Å². The second-order valence-corrected chi connectivity index (χ2v) is 7.54. The van der Waals surface area contributed by atoms with Crippen LogP contribution in [0, 0.1) is 0 Å². The highest BCUT2D eigenvalue weighted by molar-refractivity contribution is 8.13. The summed E-state index contributed by atoms with van der Waals surface area (Å²) >= 11 is 1.89. The van der Waals surface area contributed by atoms with Crippen LogP contribution in [-0.2, 0) is 4.74 Å². The smallest absolute Gasteiger partial charge is 0.157 e. The predicted octanol–water partition coefficient (Wildman–Crippen LogP) is 3.98. The van der Waals surface area contributed by atoms with Gasteiger partial charge in [-0.05, 0) is 45.4 Å². The molecule has 2 unspecified atom stereocenters. The minimum Gasteiger partial charge on any atom is -0.375 e. The molecule has 2 saturated heterocycles. The van der Waals surface area contributed by atoms with Crippen LogP contribution >= 0.6 is 11.8 Å². The third-order valence-corrected chi connectivity index (χ3v) is 6.03. The number of amidine groups is 1. The van der Waals surface area contributed by atoms with Crippen molar-refractivity contribution < 1.29 is 4.74 Å². The Balaban J connectivity index is 2.02. The number of rotatable bonds is 4. The van der Waals surface area contributed by atoms with Crippen molar-refractivity contribution >= 4 is 16.9 Å². The number of nitrogens with zero attached hydrogens (tertiary/aromatic N) is 1. The van der Waals surface area contributed by atoms with E-state index < -0.39 is 0 Å². The average molecular weight is 298 g/mol. The first kappa shape index (κ1) is 16.2. The first-order chi connectivity index (χ1) is 9.55. The van der Waals surface area contributed by atoms with E-state index in [0.717, 1.165) is 43.9 Å². The molecule has 0 amide bonds. The van der Waals surface area contributed by atoms with Gasteiger partial charge in [-0.15, -0.1) is 0 Å². The number of thioether (sulfide) groups is 1. The molecule has 116 valence electrons. The van der Waals surface area contributed by atoms with Crippen LogP contribution in [-0.4, -0.2) is 34.7 Å². The molecule has 0 aromatic heterocycles. The lowest BCUT2D eigenvalue weighted by Crippen LogP contribution is -2.49. The molecule has 20 heavy (non-hydrogen) atoms. The molecule has 0 saturated carbocycles. The van der Waals surface area contributed by atoms with E-state index in [-0.39, 0.29) is 11.1 Å². The van der Waals surface area contributed by atoms with Gasteiger partial charge in [0.25, 0.3) is 0 Å². The van der Waals surface area contributed by atoms with Gasteiger partial charge in [-0.2, -0.15) is 0 Å². The summed E-state index contributed by atoms with van der Waals surface area (Å²) in [7, 11) is 0.